The Morgan fingerprint density at radius 1 is 0.850 bits per heavy atom. The van der Waals surface area contributed by atoms with Gasteiger partial charge in [-0.05, 0) is 70.2 Å². The van der Waals surface area contributed by atoms with Crippen LogP contribution in [0.15, 0.2) is 36.4 Å². The Labute approximate surface area is 237 Å². The van der Waals surface area contributed by atoms with E-state index in [0.29, 0.717) is 25.7 Å². The Hall–Kier alpha value is -3.62. The number of benzene rings is 1. The van der Waals surface area contributed by atoms with Crippen molar-refractivity contribution in [2.75, 3.05) is 33.5 Å². The van der Waals surface area contributed by atoms with Crippen LogP contribution < -0.4 is 4.74 Å². The minimum Gasteiger partial charge on any atom is -0.497 e. The fourth-order valence-corrected chi connectivity index (χ4v) is 3.68. The molecule has 222 valence electrons. The van der Waals surface area contributed by atoms with Crippen molar-refractivity contribution in [3.8, 4) is 5.75 Å². The molecule has 0 saturated heterocycles. The molecule has 0 bridgehead atoms. The Balaban J connectivity index is 2.39. The largest absolute Gasteiger partial charge is 0.497 e. The van der Waals surface area contributed by atoms with Gasteiger partial charge in [0.2, 0.25) is 0 Å². The fraction of sp³-hybridized carbons (Fsp3) is 0.548. The van der Waals surface area contributed by atoms with Gasteiger partial charge in [0.25, 0.3) is 0 Å². The van der Waals surface area contributed by atoms with Gasteiger partial charge < -0.3 is 23.7 Å². The van der Waals surface area contributed by atoms with Gasteiger partial charge in [-0.25, -0.2) is 4.79 Å². The number of esters is 4. The van der Waals surface area contributed by atoms with E-state index in [-0.39, 0.29) is 32.4 Å². The van der Waals surface area contributed by atoms with Crippen LogP contribution >= 0.6 is 0 Å². The molecule has 1 aromatic carbocycles. The molecule has 0 spiro atoms. The zero-order chi connectivity index (χ0) is 30.2. The van der Waals surface area contributed by atoms with E-state index in [0.717, 1.165) is 16.9 Å². The van der Waals surface area contributed by atoms with Crippen molar-refractivity contribution in [2.45, 2.75) is 67.2 Å². The lowest BCUT2D eigenvalue weighted by Crippen LogP contribution is -2.32. The second-order valence-corrected chi connectivity index (χ2v) is 10.4. The molecule has 0 aliphatic heterocycles. The van der Waals surface area contributed by atoms with Crippen molar-refractivity contribution < 1.29 is 42.9 Å². The van der Waals surface area contributed by atoms with E-state index in [4.69, 9.17) is 23.7 Å². The van der Waals surface area contributed by atoms with E-state index in [1.54, 1.807) is 33.1 Å². The summed E-state index contributed by atoms with van der Waals surface area (Å²) in [6.45, 7) is 10.5. The third kappa shape index (κ3) is 12.5. The summed E-state index contributed by atoms with van der Waals surface area (Å²) >= 11 is 0. The van der Waals surface area contributed by atoms with Crippen LogP contribution in [0.4, 0.5) is 0 Å². The first-order chi connectivity index (χ1) is 18.8. The number of carbonyl (C=O) groups excluding carboxylic acids is 4. The SMILES string of the molecule is CCC(C)(CCCC(C)(C)C(=O)OCCOC(=O)/C=C/C=C/c1cc(OC)ccc1C)C(=O)OCCOC(C)=O. The lowest BCUT2D eigenvalue weighted by Gasteiger charge is -2.28. The number of allylic oxidation sites excluding steroid dienone is 2. The summed E-state index contributed by atoms with van der Waals surface area (Å²) in [6.07, 6.45) is 8.68. The number of ether oxygens (including phenoxy) is 5. The molecule has 40 heavy (non-hydrogen) atoms. The Morgan fingerprint density at radius 2 is 1.48 bits per heavy atom. The zero-order valence-corrected chi connectivity index (χ0v) is 24.9. The van der Waals surface area contributed by atoms with Gasteiger partial charge in [-0.2, -0.15) is 0 Å². The van der Waals surface area contributed by atoms with Gasteiger partial charge in [-0.3, -0.25) is 14.4 Å². The normalized spacial score (nSPS) is 13.1. The van der Waals surface area contributed by atoms with Gasteiger partial charge in [0.15, 0.2) is 0 Å². The lowest BCUT2D eigenvalue weighted by molar-refractivity contribution is -0.160. The van der Waals surface area contributed by atoms with Crippen LogP contribution in [0.3, 0.4) is 0 Å². The topological polar surface area (TPSA) is 114 Å². The molecule has 0 radical (unpaired) electrons. The molecule has 1 atom stereocenters. The maximum Gasteiger partial charge on any atom is 0.330 e. The van der Waals surface area contributed by atoms with E-state index in [9.17, 15) is 19.2 Å². The molecular formula is C31H44O9. The van der Waals surface area contributed by atoms with E-state index in [1.807, 2.05) is 45.0 Å². The highest BCUT2D eigenvalue weighted by molar-refractivity contribution is 5.82. The predicted molar refractivity (Wildman–Crippen MR) is 151 cm³/mol. The number of rotatable bonds is 17. The van der Waals surface area contributed by atoms with E-state index >= 15 is 0 Å². The number of hydrogen-bond acceptors (Lipinski definition) is 9. The summed E-state index contributed by atoms with van der Waals surface area (Å²) in [6, 6.07) is 5.74. The number of aryl methyl sites for hydroxylation is 1. The second-order valence-electron chi connectivity index (χ2n) is 10.4. The van der Waals surface area contributed by atoms with Crippen molar-refractivity contribution in [3.63, 3.8) is 0 Å². The van der Waals surface area contributed by atoms with Crippen LogP contribution in [-0.4, -0.2) is 57.4 Å². The molecule has 9 heteroatoms. The van der Waals surface area contributed by atoms with Crippen molar-refractivity contribution in [2.24, 2.45) is 10.8 Å². The van der Waals surface area contributed by atoms with Crippen LogP contribution in [0, 0.1) is 17.8 Å². The molecule has 0 saturated carbocycles. The summed E-state index contributed by atoms with van der Waals surface area (Å²) in [4.78, 5) is 47.9. The summed E-state index contributed by atoms with van der Waals surface area (Å²) in [7, 11) is 1.61. The first-order valence-electron chi connectivity index (χ1n) is 13.5. The van der Waals surface area contributed by atoms with Crippen LogP contribution in [0.1, 0.15) is 71.4 Å². The fourth-order valence-electron chi connectivity index (χ4n) is 3.68. The summed E-state index contributed by atoms with van der Waals surface area (Å²) in [5.74, 6) is -0.981. The Morgan fingerprint density at radius 3 is 2.10 bits per heavy atom. The monoisotopic (exact) mass is 560 g/mol. The second kappa shape index (κ2) is 17.2. The molecule has 0 aliphatic carbocycles. The molecule has 0 fully saturated rings. The van der Waals surface area contributed by atoms with Gasteiger partial charge in [0.05, 0.1) is 17.9 Å². The smallest absolute Gasteiger partial charge is 0.330 e. The first kappa shape index (κ1) is 34.4. The van der Waals surface area contributed by atoms with Gasteiger partial charge in [-0.1, -0.05) is 37.6 Å². The highest BCUT2D eigenvalue weighted by Crippen LogP contribution is 2.33. The van der Waals surface area contributed by atoms with Gasteiger partial charge in [0, 0.05) is 13.0 Å². The number of carbonyl (C=O) groups is 4. The molecule has 0 aromatic heterocycles. The molecule has 9 nitrogen and oxygen atoms in total. The maximum absolute atomic E-state index is 12.6. The van der Waals surface area contributed by atoms with E-state index in [2.05, 4.69) is 0 Å². The Bertz CT molecular complexity index is 1050. The van der Waals surface area contributed by atoms with Gasteiger partial charge in [-0.15, -0.1) is 0 Å². The molecular weight excluding hydrogens is 516 g/mol. The van der Waals surface area contributed by atoms with Crippen molar-refractivity contribution in [1.82, 2.24) is 0 Å². The minimum atomic E-state index is -0.777. The third-order valence-electron chi connectivity index (χ3n) is 6.64. The van der Waals surface area contributed by atoms with E-state index in [1.165, 1.54) is 13.0 Å². The molecule has 0 aliphatic rings. The molecule has 0 N–H and O–H groups in total. The van der Waals surface area contributed by atoms with Crippen molar-refractivity contribution in [3.05, 3.63) is 47.6 Å². The minimum absolute atomic E-state index is 0.00587. The predicted octanol–water partition coefficient (Wildman–Crippen LogP) is 5.38. The summed E-state index contributed by atoms with van der Waals surface area (Å²) < 4.78 is 25.7. The van der Waals surface area contributed by atoms with E-state index < -0.39 is 28.7 Å². The molecule has 1 unspecified atom stereocenters. The summed E-state index contributed by atoms with van der Waals surface area (Å²) in [5, 5.41) is 0. The maximum atomic E-state index is 12.6. The molecule has 0 amide bonds. The Kier molecular flexibility index (Phi) is 14.8. The zero-order valence-electron chi connectivity index (χ0n) is 24.9. The molecule has 0 heterocycles. The van der Waals surface area contributed by atoms with Crippen LogP contribution in [0.25, 0.3) is 6.08 Å². The van der Waals surface area contributed by atoms with Crippen LogP contribution in [-0.2, 0) is 38.1 Å². The number of methoxy groups -OCH3 is 1. The van der Waals surface area contributed by atoms with Crippen molar-refractivity contribution >= 4 is 30.0 Å². The van der Waals surface area contributed by atoms with Crippen molar-refractivity contribution in [1.29, 1.82) is 0 Å². The molecule has 1 rings (SSSR count). The van der Waals surface area contributed by atoms with Crippen LogP contribution in [0.5, 0.6) is 5.75 Å². The highest BCUT2D eigenvalue weighted by Gasteiger charge is 2.35. The van der Waals surface area contributed by atoms with Gasteiger partial charge in [0.1, 0.15) is 32.2 Å². The highest BCUT2D eigenvalue weighted by atomic mass is 16.6. The van der Waals surface area contributed by atoms with Gasteiger partial charge >= 0.3 is 23.9 Å². The average Bonchev–Trinajstić information content (AvgIpc) is 2.91. The molecule has 1 aromatic rings. The number of hydrogen-bond donors (Lipinski definition) is 0. The quantitative estimate of drug-likeness (QED) is 0.0814. The lowest BCUT2D eigenvalue weighted by atomic mass is 9.79. The van der Waals surface area contributed by atoms with Crippen LogP contribution in [0.2, 0.25) is 0 Å². The summed E-state index contributed by atoms with van der Waals surface area (Å²) in [5.41, 5.74) is 0.566. The standard InChI is InChI=1S/C31H44O9/c1-8-31(6,29(35)40-20-18-37-24(3)32)17-11-16-30(4,5)28(34)39-21-19-38-27(33)13-10-9-12-25-22-26(36-7)15-14-23(25)2/h9-10,12-15,22H,8,11,16-21H2,1-7H3/b12-9+,13-10+. The first-order valence-corrected chi connectivity index (χ1v) is 13.5. The third-order valence-corrected chi connectivity index (χ3v) is 6.64. The average molecular weight is 561 g/mol.